The van der Waals surface area contributed by atoms with Crippen LogP contribution in [0.25, 0.3) is 0 Å². The largest absolute Gasteiger partial charge is 0.490 e. The Morgan fingerprint density at radius 3 is 2.57 bits per heavy atom. The number of aryl methyl sites for hydroxylation is 1. The van der Waals surface area contributed by atoms with E-state index in [-0.39, 0.29) is 44.2 Å². The zero-order chi connectivity index (χ0) is 26.4. The normalized spacial score (nSPS) is 17.4. The molecule has 1 saturated heterocycles. The SMILES string of the molecule is Cc1cc(OC[C@]2(CC(=O)N(C)Cc3ccccc3)CN(C(=O)c3ccccc3F)CCO2)ccc1Cl. The number of benzene rings is 3. The average molecular weight is 525 g/mol. The first-order valence-electron chi connectivity index (χ1n) is 12.1. The molecule has 0 bridgehead atoms. The number of rotatable bonds is 8. The summed E-state index contributed by atoms with van der Waals surface area (Å²) in [5.74, 6) is -0.609. The molecular formula is C29H30ClFN2O4. The molecule has 6 nitrogen and oxygen atoms in total. The van der Waals surface area contributed by atoms with Gasteiger partial charge in [0, 0.05) is 25.2 Å². The number of morpholine rings is 1. The number of halogens is 2. The minimum Gasteiger partial charge on any atom is -0.490 e. The van der Waals surface area contributed by atoms with Gasteiger partial charge < -0.3 is 19.3 Å². The third-order valence-corrected chi connectivity index (χ3v) is 6.86. The number of ether oxygens (including phenoxy) is 2. The van der Waals surface area contributed by atoms with E-state index in [9.17, 15) is 14.0 Å². The van der Waals surface area contributed by atoms with Crippen molar-refractivity contribution in [2.45, 2.75) is 25.5 Å². The van der Waals surface area contributed by atoms with Crippen LogP contribution in [0.3, 0.4) is 0 Å². The third kappa shape index (κ3) is 6.67. The zero-order valence-corrected chi connectivity index (χ0v) is 21.7. The summed E-state index contributed by atoms with van der Waals surface area (Å²) in [7, 11) is 1.73. The molecule has 0 radical (unpaired) electrons. The highest BCUT2D eigenvalue weighted by Gasteiger charge is 2.42. The molecule has 0 N–H and O–H groups in total. The third-order valence-electron chi connectivity index (χ3n) is 6.43. The van der Waals surface area contributed by atoms with Crippen LogP contribution in [0.2, 0.25) is 5.02 Å². The van der Waals surface area contributed by atoms with Crippen molar-refractivity contribution in [2.24, 2.45) is 0 Å². The first-order chi connectivity index (χ1) is 17.8. The van der Waals surface area contributed by atoms with Crippen molar-refractivity contribution >= 4 is 23.4 Å². The van der Waals surface area contributed by atoms with Gasteiger partial charge in [-0.1, -0.05) is 54.1 Å². The molecular weight excluding hydrogens is 495 g/mol. The Balaban J connectivity index is 1.55. The van der Waals surface area contributed by atoms with E-state index in [1.54, 1.807) is 36.2 Å². The van der Waals surface area contributed by atoms with E-state index < -0.39 is 17.3 Å². The zero-order valence-electron chi connectivity index (χ0n) is 21.0. The molecule has 0 spiro atoms. The number of carbonyl (C=O) groups is 2. The Morgan fingerprint density at radius 1 is 1.11 bits per heavy atom. The fourth-order valence-corrected chi connectivity index (χ4v) is 4.46. The van der Waals surface area contributed by atoms with Gasteiger partial charge in [0.05, 0.1) is 25.1 Å². The standard InChI is InChI=1S/C29H30ClFN2O4/c1-21-16-23(12-13-25(21)30)36-20-29(17-27(34)32(2)18-22-8-4-3-5-9-22)19-33(14-15-37-29)28(35)24-10-6-7-11-26(24)31/h3-13,16H,14-15,17-20H2,1-2H3/t29-/m0/s1. The summed E-state index contributed by atoms with van der Waals surface area (Å²) in [6, 6.07) is 20.9. The molecule has 194 valence electrons. The van der Waals surface area contributed by atoms with Gasteiger partial charge in [0.15, 0.2) is 0 Å². The first kappa shape index (κ1) is 26.6. The Hall–Kier alpha value is -3.42. The molecule has 0 aromatic heterocycles. The van der Waals surface area contributed by atoms with Crippen molar-refractivity contribution < 1.29 is 23.5 Å². The summed E-state index contributed by atoms with van der Waals surface area (Å²) in [5, 5.41) is 0.621. The highest BCUT2D eigenvalue weighted by Crippen LogP contribution is 2.28. The number of carbonyl (C=O) groups excluding carboxylic acids is 2. The fourth-order valence-electron chi connectivity index (χ4n) is 4.35. The number of amides is 2. The monoisotopic (exact) mass is 524 g/mol. The van der Waals surface area contributed by atoms with Crippen LogP contribution in [-0.2, 0) is 16.1 Å². The maximum absolute atomic E-state index is 14.4. The predicted octanol–water partition coefficient (Wildman–Crippen LogP) is 5.13. The number of nitrogens with zero attached hydrogens (tertiary/aromatic N) is 2. The summed E-state index contributed by atoms with van der Waals surface area (Å²) >= 11 is 6.15. The molecule has 0 aliphatic carbocycles. The summed E-state index contributed by atoms with van der Waals surface area (Å²) in [4.78, 5) is 29.7. The first-order valence-corrected chi connectivity index (χ1v) is 12.5. The summed E-state index contributed by atoms with van der Waals surface area (Å²) < 4.78 is 26.6. The Morgan fingerprint density at radius 2 is 1.84 bits per heavy atom. The average Bonchev–Trinajstić information content (AvgIpc) is 2.90. The molecule has 3 aromatic rings. The van der Waals surface area contributed by atoms with Crippen molar-refractivity contribution in [3.8, 4) is 5.75 Å². The highest BCUT2D eigenvalue weighted by atomic mass is 35.5. The lowest BCUT2D eigenvalue weighted by Crippen LogP contribution is -2.58. The topological polar surface area (TPSA) is 59.1 Å². The van der Waals surface area contributed by atoms with Gasteiger partial charge in [-0.3, -0.25) is 9.59 Å². The molecule has 1 aliphatic heterocycles. The van der Waals surface area contributed by atoms with Gasteiger partial charge in [-0.05, 0) is 48.4 Å². The van der Waals surface area contributed by atoms with Crippen molar-refractivity contribution in [2.75, 3.05) is 33.4 Å². The quantitative estimate of drug-likeness (QED) is 0.410. The molecule has 0 unspecified atom stereocenters. The van der Waals surface area contributed by atoms with Crippen LogP contribution in [0.4, 0.5) is 4.39 Å². The Kier molecular flexibility index (Phi) is 8.46. The predicted molar refractivity (Wildman–Crippen MR) is 140 cm³/mol. The van der Waals surface area contributed by atoms with Crippen LogP contribution in [0.15, 0.2) is 72.8 Å². The highest BCUT2D eigenvalue weighted by molar-refractivity contribution is 6.31. The second-order valence-electron chi connectivity index (χ2n) is 9.35. The van der Waals surface area contributed by atoms with E-state index in [1.165, 1.54) is 17.0 Å². The van der Waals surface area contributed by atoms with Crippen molar-refractivity contribution in [3.63, 3.8) is 0 Å². The Labute approximate surface area is 221 Å². The molecule has 3 aromatic carbocycles. The lowest BCUT2D eigenvalue weighted by molar-refractivity contribution is -0.152. The molecule has 8 heteroatoms. The van der Waals surface area contributed by atoms with Crippen molar-refractivity contribution in [1.82, 2.24) is 9.80 Å². The number of hydrogen-bond donors (Lipinski definition) is 0. The van der Waals surface area contributed by atoms with Gasteiger partial charge in [-0.2, -0.15) is 0 Å². The van der Waals surface area contributed by atoms with Gasteiger partial charge in [-0.15, -0.1) is 0 Å². The summed E-state index contributed by atoms with van der Waals surface area (Å²) in [6.45, 7) is 2.89. The van der Waals surface area contributed by atoms with Gasteiger partial charge in [0.1, 0.15) is 23.8 Å². The summed E-state index contributed by atoms with van der Waals surface area (Å²) in [5.41, 5.74) is 0.725. The van der Waals surface area contributed by atoms with Gasteiger partial charge in [0.25, 0.3) is 5.91 Å². The fraction of sp³-hybridized carbons (Fsp3) is 0.310. The van der Waals surface area contributed by atoms with Gasteiger partial charge >= 0.3 is 0 Å². The lowest BCUT2D eigenvalue weighted by Gasteiger charge is -2.42. The van der Waals surface area contributed by atoms with E-state index in [0.717, 1.165) is 11.1 Å². The molecule has 4 rings (SSSR count). The van der Waals surface area contributed by atoms with E-state index in [0.29, 0.717) is 17.3 Å². The molecule has 2 amide bonds. The maximum Gasteiger partial charge on any atom is 0.257 e. The van der Waals surface area contributed by atoms with Crippen LogP contribution in [0.1, 0.15) is 27.9 Å². The minimum atomic E-state index is -1.12. The molecule has 1 fully saturated rings. The van der Waals surface area contributed by atoms with Gasteiger partial charge in [-0.25, -0.2) is 4.39 Å². The number of hydrogen-bond acceptors (Lipinski definition) is 4. The summed E-state index contributed by atoms with van der Waals surface area (Å²) in [6.07, 6.45) is -0.00996. The lowest BCUT2D eigenvalue weighted by atomic mass is 9.96. The van der Waals surface area contributed by atoms with E-state index in [4.69, 9.17) is 21.1 Å². The molecule has 1 aliphatic rings. The van der Waals surface area contributed by atoms with Crippen LogP contribution < -0.4 is 4.74 Å². The van der Waals surface area contributed by atoms with Crippen LogP contribution in [0, 0.1) is 12.7 Å². The molecule has 1 atom stereocenters. The molecule has 0 saturated carbocycles. The van der Waals surface area contributed by atoms with E-state index >= 15 is 0 Å². The van der Waals surface area contributed by atoms with Crippen molar-refractivity contribution in [3.05, 3.63) is 100 Å². The van der Waals surface area contributed by atoms with Crippen LogP contribution in [0.5, 0.6) is 5.75 Å². The second kappa shape index (κ2) is 11.8. The Bertz CT molecular complexity index is 1260. The van der Waals surface area contributed by atoms with E-state index in [1.807, 2.05) is 43.3 Å². The molecule has 1 heterocycles. The second-order valence-corrected chi connectivity index (χ2v) is 9.76. The van der Waals surface area contributed by atoms with E-state index in [2.05, 4.69) is 0 Å². The molecule has 37 heavy (non-hydrogen) atoms. The van der Waals surface area contributed by atoms with Crippen LogP contribution >= 0.6 is 11.6 Å². The van der Waals surface area contributed by atoms with Gasteiger partial charge in [0.2, 0.25) is 5.91 Å². The van der Waals surface area contributed by atoms with Crippen LogP contribution in [-0.4, -0.2) is 60.6 Å². The minimum absolute atomic E-state index is 0.00996. The smallest absolute Gasteiger partial charge is 0.257 e. The van der Waals surface area contributed by atoms with Crippen molar-refractivity contribution in [1.29, 1.82) is 0 Å². The maximum atomic E-state index is 14.4.